The van der Waals surface area contributed by atoms with Gasteiger partial charge in [-0.15, -0.1) is 0 Å². The van der Waals surface area contributed by atoms with Crippen LogP contribution in [0.25, 0.3) is 55.0 Å². The number of benzene rings is 5. The van der Waals surface area contributed by atoms with Crippen molar-refractivity contribution in [3.05, 3.63) is 109 Å². The Labute approximate surface area is 220 Å². The normalized spacial score (nSPS) is 12.6. The standard InChI is InChI=1S/C34H24N4/c1-21(2)36-29-16-15-22(20-35)17-33(29)38-32-18-26-24-11-6-7-13-28(24)37(23-9-4-3-5-10-23)31(26)19-27(32)25-12-8-14-30(36)34(25)38/h3-19,21H,1-2H3. The van der Waals surface area contributed by atoms with E-state index in [0.29, 0.717) is 5.56 Å². The van der Waals surface area contributed by atoms with Crippen LogP contribution in [0, 0.1) is 11.3 Å². The van der Waals surface area contributed by atoms with Gasteiger partial charge in [0.2, 0.25) is 0 Å². The molecular formula is C34H24N4. The minimum Gasteiger partial charge on any atom is -0.335 e. The SMILES string of the molecule is CC(C)N1c2ccc(C#N)cc2-n2c3cc4c5ccccc5n(-c5ccccc5)c4cc3c3cccc1c32. The monoisotopic (exact) mass is 488 g/mol. The highest BCUT2D eigenvalue weighted by Crippen LogP contribution is 2.48. The van der Waals surface area contributed by atoms with E-state index in [1.165, 1.54) is 43.8 Å². The van der Waals surface area contributed by atoms with Crippen LogP contribution < -0.4 is 4.90 Å². The van der Waals surface area contributed by atoms with Crippen LogP contribution in [0.1, 0.15) is 19.4 Å². The molecule has 1 aliphatic rings. The summed E-state index contributed by atoms with van der Waals surface area (Å²) in [7, 11) is 0. The molecule has 38 heavy (non-hydrogen) atoms. The molecule has 3 heterocycles. The summed E-state index contributed by atoms with van der Waals surface area (Å²) in [6, 6.07) is 39.3. The lowest BCUT2D eigenvalue weighted by molar-refractivity contribution is 0.781. The second-order valence-electron chi connectivity index (χ2n) is 10.4. The van der Waals surface area contributed by atoms with E-state index >= 15 is 0 Å². The number of anilines is 2. The van der Waals surface area contributed by atoms with Crippen LogP contribution in [0.4, 0.5) is 11.4 Å². The molecule has 0 saturated carbocycles. The van der Waals surface area contributed by atoms with Gasteiger partial charge in [-0.05, 0) is 68.4 Å². The first-order valence-corrected chi connectivity index (χ1v) is 13.1. The number of nitriles is 1. The zero-order valence-corrected chi connectivity index (χ0v) is 21.2. The van der Waals surface area contributed by atoms with Gasteiger partial charge in [-0.1, -0.05) is 48.5 Å². The molecule has 0 unspecified atom stereocenters. The zero-order chi connectivity index (χ0) is 25.5. The number of nitrogens with zero attached hydrogens (tertiary/aromatic N) is 4. The summed E-state index contributed by atoms with van der Waals surface area (Å²) < 4.78 is 4.75. The first-order chi connectivity index (χ1) is 18.7. The molecule has 0 radical (unpaired) electrons. The predicted octanol–water partition coefficient (Wildman–Crippen LogP) is 8.61. The third-order valence-electron chi connectivity index (χ3n) is 7.95. The van der Waals surface area contributed by atoms with Gasteiger partial charge in [0.05, 0.1) is 50.8 Å². The maximum Gasteiger partial charge on any atom is 0.0992 e. The third-order valence-corrected chi connectivity index (χ3v) is 7.95. The van der Waals surface area contributed by atoms with Crippen molar-refractivity contribution in [1.29, 1.82) is 5.26 Å². The quantitative estimate of drug-likeness (QED) is 0.244. The molecule has 180 valence electrons. The number of fused-ring (bicyclic) bond motifs is 8. The second kappa shape index (κ2) is 7.50. The van der Waals surface area contributed by atoms with E-state index in [1.807, 2.05) is 12.1 Å². The van der Waals surface area contributed by atoms with Gasteiger partial charge in [-0.2, -0.15) is 5.26 Å². The van der Waals surface area contributed by atoms with Crippen molar-refractivity contribution in [2.75, 3.05) is 4.90 Å². The Balaban J connectivity index is 1.59. The average Bonchev–Trinajstić information content (AvgIpc) is 3.45. The van der Waals surface area contributed by atoms with Crippen LogP contribution >= 0.6 is 0 Å². The van der Waals surface area contributed by atoms with E-state index in [-0.39, 0.29) is 6.04 Å². The molecule has 5 aromatic carbocycles. The lowest BCUT2D eigenvalue weighted by Crippen LogP contribution is -2.29. The van der Waals surface area contributed by atoms with E-state index in [0.717, 1.165) is 22.6 Å². The van der Waals surface area contributed by atoms with E-state index in [1.54, 1.807) is 0 Å². The number of hydrogen-bond donors (Lipinski definition) is 0. The minimum absolute atomic E-state index is 0.268. The van der Waals surface area contributed by atoms with Crippen molar-refractivity contribution >= 4 is 55.0 Å². The first-order valence-electron chi connectivity index (χ1n) is 13.1. The molecule has 1 aliphatic heterocycles. The number of para-hydroxylation sites is 3. The van der Waals surface area contributed by atoms with E-state index in [4.69, 9.17) is 0 Å². The summed E-state index contributed by atoms with van der Waals surface area (Å²) in [5.41, 5.74) is 9.96. The van der Waals surface area contributed by atoms with Crippen molar-refractivity contribution in [1.82, 2.24) is 9.13 Å². The van der Waals surface area contributed by atoms with Gasteiger partial charge in [0.15, 0.2) is 0 Å². The van der Waals surface area contributed by atoms with Gasteiger partial charge in [-0.25, -0.2) is 0 Å². The van der Waals surface area contributed by atoms with Gasteiger partial charge in [0.25, 0.3) is 0 Å². The Morgan fingerprint density at radius 3 is 2.08 bits per heavy atom. The fourth-order valence-corrected chi connectivity index (χ4v) is 6.47. The molecule has 0 aliphatic carbocycles. The fourth-order valence-electron chi connectivity index (χ4n) is 6.47. The summed E-state index contributed by atoms with van der Waals surface area (Å²) in [5.74, 6) is 0. The molecule has 4 heteroatoms. The van der Waals surface area contributed by atoms with Gasteiger partial charge in [0, 0.05) is 33.3 Å². The van der Waals surface area contributed by atoms with Crippen LogP contribution in [-0.2, 0) is 0 Å². The van der Waals surface area contributed by atoms with Crippen molar-refractivity contribution in [2.24, 2.45) is 0 Å². The van der Waals surface area contributed by atoms with Crippen LogP contribution in [0.15, 0.2) is 103 Å². The van der Waals surface area contributed by atoms with Crippen molar-refractivity contribution in [3.63, 3.8) is 0 Å². The van der Waals surface area contributed by atoms with Crippen molar-refractivity contribution in [3.8, 4) is 17.4 Å². The highest BCUT2D eigenvalue weighted by Gasteiger charge is 2.29. The first kappa shape index (κ1) is 21.1. The highest BCUT2D eigenvalue weighted by atomic mass is 15.2. The maximum atomic E-state index is 9.76. The summed E-state index contributed by atoms with van der Waals surface area (Å²) in [5, 5.41) is 14.7. The molecule has 8 rings (SSSR count). The number of aromatic nitrogens is 2. The molecule has 4 nitrogen and oxygen atoms in total. The Bertz CT molecular complexity index is 2120. The van der Waals surface area contributed by atoms with Crippen LogP contribution in [0.2, 0.25) is 0 Å². The van der Waals surface area contributed by atoms with E-state index in [2.05, 4.69) is 125 Å². The van der Waals surface area contributed by atoms with E-state index in [9.17, 15) is 5.26 Å². The largest absolute Gasteiger partial charge is 0.335 e. The fraction of sp³-hybridized carbons (Fsp3) is 0.0882. The van der Waals surface area contributed by atoms with Gasteiger partial charge in [0.1, 0.15) is 0 Å². The molecule has 7 aromatic rings. The smallest absolute Gasteiger partial charge is 0.0992 e. The molecular weight excluding hydrogens is 464 g/mol. The second-order valence-corrected chi connectivity index (χ2v) is 10.4. The third kappa shape index (κ3) is 2.63. The molecule has 0 saturated heterocycles. The molecule has 0 amide bonds. The molecule has 2 aromatic heterocycles. The average molecular weight is 489 g/mol. The van der Waals surface area contributed by atoms with Gasteiger partial charge < -0.3 is 14.0 Å². The summed E-state index contributed by atoms with van der Waals surface area (Å²) in [6.45, 7) is 4.45. The van der Waals surface area contributed by atoms with Crippen LogP contribution in [0.5, 0.6) is 0 Å². The molecule has 0 spiro atoms. The summed E-state index contributed by atoms with van der Waals surface area (Å²) >= 11 is 0. The lowest BCUT2D eigenvalue weighted by Gasteiger charge is -2.36. The number of hydrogen-bond acceptors (Lipinski definition) is 2. The molecule has 0 N–H and O–H groups in total. The van der Waals surface area contributed by atoms with Gasteiger partial charge >= 0.3 is 0 Å². The van der Waals surface area contributed by atoms with Crippen LogP contribution in [0.3, 0.4) is 0 Å². The Morgan fingerprint density at radius 2 is 1.29 bits per heavy atom. The maximum absolute atomic E-state index is 9.76. The van der Waals surface area contributed by atoms with Crippen molar-refractivity contribution in [2.45, 2.75) is 19.9 Å². The topological polar surface area (TPSA) is 36.9 Å². The molecule has 0 bridgehead atoms. The minimum atomic E-state index is 0.268. The van der Waals surface area contributed by atoms with Crippen LogP contribution in [-0.4, -0.2) is 15.2 Å². The zero-order valence-electron chi connectivity index (χ0n) is 21.2. The Kier molecular flexibility index (Phi) is 4.17. The predicted molar refractivity (Wildman–Crippen MR) is 157 cm³/mol. The van der Waals surface area contributed by atoms with E-state index < -0.39 is 0 Å². The molecule has 0 fully saturated rings. The Morgan fingerprint density at radius 1 is 0.579 bits per heavy atom. The number of rotatable bonds is 2. The highest BCUT2D eigenvalue weighted by molar-refractivity contribution is 6.21. The van der Waals surface area contributed by atoms with Crippen molar-refractivity contribution < 1.29 is 0 Å². The molecule has 0 atom stereocenters. The lowest BCUT2D eigenvalue weighted by atomic mass is 10.1. The van der Waals surface area contributed by atoms with Gasteiger partial charge in [-0.3, -0.25) is 0 Å². The Hall–Kier alpha value is -5.01. The summed E-state index contributed by atoms with van der Waals surface area (Å²) in [4.78, 5) is 2.40. The summed E-state index contributed by atoms with van der Waals surface area (Å²) in [6.07, 6.45) is 0.